The highest BCUT2D eigenvalue weighted by Gasteiger charge is 2.18. The normalized spacial score (nSPS) is 12.7. The van der Waals surface area contributed by atoms with Crippen LogP contribution in [0.15, 0.2) is 28.7 Å². The molecule has 108 valence electrons. The molecule has 1 unspecified atom stereocenters. The molecule has 0 saturated carbocycles. The Morgan fingerprint density at radius 2 is 2.00 bits per heavy atom. The fourth-order valence-corrected chi connectivity index (χ4v) is 2.77. The van der Waals surface area contributed by atoms with E-state index in [1.54, 1.807) is 12.1 Å². The van der Waals surface area contributed by atoms with Crippen molar-refractivity contribution >= 4 is 15.9 Å². The summed E-state index contributed by atoms with van der Waals surface area (Å²) >= 11 is 3.56. The molecule has 1 N–H and O–H groups in total. The van der Waals surface area contributed by atoms with Gasteiger partial charge in [-0.15, -0.1) is 0 Å². The minimum absolute atomic E-state index is 0.0199. The summed E-state index contributed by atoms with van der Waals surface area (Å²) in [7, 11) is 0. The van der Waals surface area contributed by atoms with Crippen LogP contribution < -0.4 is 0 Å². The molecule has 0 fully saturated rings. The van der Waals surface area contributed by atoms with Crippen molar-refractivity contribution < 1.29 is 9.50 Å². The van der Waals surface area contributed by atoms with Crippen molar-refractivity contribution in [1.29, 1.82) is 0 Å². The minimum Gasteiger partial charge on any atom is -0.396 e. The summed E-state index contributed by atoms with van der Waals surface area (Å²) in [6.45, 7) is 4.79. The van der Waals surface area contributed by atoms with Crippen LogP contribution in [0.4, 0.5) is 4.39 Å². The molecule has 1 aromatic carbocycles. The zero-order valence-corrected chi connectivity index (χ0v) is 13.2. The first kappa shape index (κ1) is 15.2. The molecule has 20 heavy (non-hydrogen) atoms. The first-order valence-electron chi connectivity index (χ1n) is 6.64. The van der Waals surface area contributed by atoms with E-state index in [2.05, 4.69) is 21.0 Å². The number of aliphatic hydroxyl groups is 1. The van der Waals surface area contributed by atoms with Crippen molar-refractivity contribution in [1.82, 2.24) is 9.78 Å². The average molecular weight is 341 g/mol. The maximum absolute atomic E-state index is 13.0. The average Bonchev–Trinajstić information content (AvgIpc) is 2.73. The summed E-state index contributed by atoms with van der Waals surface area (Å²) in [6, 6.07) is 6.30. The zero-order valence-electron chi connectivity index (χ0n) is 11.6. The Morgan fingerprint density at radius 1 is 1.35 bits per heavy atom. The van der Waals surface area contributed by atoms with E-state index in [1.165, 1.54) is 12.1 Å². The van der Waals surface area contributed by atoms with Crippen molar-refractivity contribution in [2.24, 2.45) is 0 Å². The highest BCUT2D eigenvalue weighted by molar-refractivity contribution is 9.10. The van der Waals surface area contributed by atoms with E-state index in [4.69, 9.17) is 0 Å². The van der Waals surface area contributed by atoms with Crippen molar-refractivity contribution in [3.63, 3.8) is 0 Å². The molecule has 2 rings (SSSR count). The first-order chi connectivity index (χ1) is 9.56. The Kier molecular flexibility index (Phi) is 4.94. The molecule has 0 aliphatic heterocycles. The van der Waals surface area contributed by atoms with E-state index in [1.807, 2.05) is 18.5 Å². The number of aryl methyl sites for hydroxylation is 2. The molecule has 0 amide bonds. The van der Waals surface area contributed by atoms with Gasteiger partial charge in [0.15, 0.2) is 0 Å². The molecule has 0 bridgehead atoms. The standard InChI is InChI=1S/C15H18BrFN2O/c1-3-19-14(15(16)10(2)18-19)8-12(9-20)11-4-6-13(17)7-5-11/h4-7,12,20H,3,8-9H2,1-2H3. The highest BCUT2D eigenvalue weighted by atomic mass is 79.9. The number of aromatic nitrogens is 2. The largest absolute Gasteiger partial charge is 0.396 e. The van der Waals surface area contributed by atoms with Crippen molar-refractivity contribution in [3.05, 3.63) is 51.5 Å². The monoisotopic (exact) mass is 340 g/mol. The summed E-state index contributed by atoms with van der Waals surface area (Å²) in [5.41, 5.74) is 2.94. The van der Waals surface area contributed by atoms with Gasteiger partial charge >= 0.3 is 0 Å². The second-order valence-electron chi connectivity index (χ2n) is 4.80. The van der Waals surface area contributed by atoms with Gasteiger partial charge in [-0.25, -0.2) is 4.39 Å². The third-order valence-corrected chi connectivity index (χ3v) is 4.49. The number of hydrogen-bond donors (Lipinski definition) is 1. The molecule has 0 radical (unpaired) electrons. The van der Waals surface area contributed by atoms with Crippen LogP contribution in [0.1, 0.15) is 29.8 Å². The molecule has 1 aromatic heterocycles. The molecule has 1 atom stereocenters. The van der Waals surface area contributed by atoms with Crippen LogP contribution in [0.3, 0.4) is 0 Å². The molecule has 0 aliphatic rings. The van der Waals surface area contributed by atoms with E-state index >= 15 is 0 Å². The lowest BCUT2D eigenvalue weighted by Gasteiger charge is -2.16. The summed E-state index contributed by atoms with van der Waals surface area (Å²) in [5.74, 6) is -0.325. The second kappa shape index (κ2) is 6.50. The van der Waals surface area contributed by atoms with Crippen LogP contribution in [0.5, 0.6) is 0 Å². The van der Waals surface area contributed by atoms with Crippen molar-refractivity contribution in [2.45, 2.75) is 32.7 Å². The predicted molar refractivity (Wildman–Crippen MR) is 80.3 cm³/mol. The van der Waals surface area contributed by atoms with E-state index in [-0.39, 0.29) is 18.3 Å². The third-order valence-electron chi connectivity index (χ3n) is 3.45. The van der Waals surface area contributed by atoms with Gasteiger partial charge in [0, 0.05) is 12.5 Å². The number of benzene rings is 1. The quantitative estimate of drug-likeness (QED) is 0.905. The van der Waals surface area contributed by atoms with Gasteiger partial charge in [0.1, 0.15) is 5.82 Å². The fraction of sp³-hybridized carbons (Fsp3) is 0.400. The van der Waals surface area contributed by atoms with Gasteiger partial charge in [-0.1, -0.05) is 12.1 Å². The maximum Gasteiger partial charge on any atom is 0.123 e. The molecular weight excluding hydrogens is 323 g/mol. The van der Waals surface area contributed by atoms with Crippen LogP contribution in [-0.2, 0) is 13.0 Å². The molecule has 2 aromatic rings. The third kappa shape index (κ3) is 3.10. The molecular formula is C15H18BrFN2O. The topological polar surface area (TPSA) is 38.0 Å². The van der Waals surface area contributed by atoms with Crippen LogP contribution >= 0.6 is 15.9 Å². The lowest BCUT2D eigenvalue weighted by atomic mass is 9.95. The second-order valence-corrected chi connectivity index (χ2v) is 5.59. The Labute approximate surface area is 126 Å². The highest BCUT2D eigenvalue weighted by Crippen LogP contribution is 2.27. The van der Waals surface area contributed by atoms with Gasteiger partial charge in [0.25, 0.3) is 0 Å². The summed E-state index contributed by atoms with van der Waals surface area (Å²) in [4.78, 5) is 0. The van der Waals surface area contributed by atoms with Crippen LogP contribution in [0.2, 0.25) is 0 Å². The number of halogens is 2. The summed E-state index contributed by atoms with van der Waals surface area (Å²) < 4.78 is 15.9. The van der Waals surface area contributed by atoms with Crippen LogP contribution in [0.25, 0.3) is 0 Å². The Morgan fingerprint density at radius 3 is 2.55 bits per heavy atom. The molecule has 0 saturated heterocycles. The smallest absolute Gasteiger partial charge is 0.123 e. The van der Waals surface area contributed by atoms with E-state index in [9.17, 15) is 9.50 Å². The SMILES string of the molecule is CCn1nc(C)c(Br)c1CC(CO)c1ccc(F)cc1. The molecule has 5 heteroatoms. The fourth-order valence-electron chi connectivity index (χ4n) is 2.32. The van der Waals surface area contributed by atoms with Crippen molar-refractivity contribution in [2.75, 3.05) is 6.61 Å². The Bertz CT molecular complexity index is 580. The molecule has 3 nitrogen and oxygen atoms in total. The van der Waals surface area contributed by atoms with Gasteiger partial charge in [0.05, 0.1) is 22.5 Å². The van der Waals surface area contributed by atoms with Gasteiger partial charge in [0.2, 0.25) is 0 Å². The van der Waals surface area contributed by atoms with Crippen LogP contribution in [-0.4, -0.2) is 21.5 Å². The van der Waals surface area contributed by atoms with Gasteiger partial charge in [-0.05, 0) is 53.9 Å². The Hall–Kier alpha value is -1.20. The lowest BCUT2D eigenvalue weighted by Crippen LogP contribution is -2.12. The number of hydrogen-bond acceptors (Lipinski definition) is 2. The predicted octanol–water partition coefficient (Wildman–Crippen LogP) is 3.43. The minimum atomic E-state index is -0.263. The number of aliphatic hydroxyl groups excluding tert-OH is 1. The van der Waals surface area contributed by atoms with Crippen LogP contribution in [0, 0.1) is 12.7 Å². The number of nitrogens with zero attached hydrogens (tertiary/aromatic N) is 2. The molecule has 0 spiro atoms. The molecule has 0 aliphatic carbocycles. The van der Waals surface area contributed by atoms with Gasteiger partial charge in [-0.3, -0.25) is 4.68 Å². The van der Waals surface area contributed by atoms with Gasteiger partial charge in [-0.2, -0.15) is 5.10 Å². The van der Waals surface area contributed by atoms with Gasteiger partial charge < -0.3 is 5.11 Å². The van der Waals surface area contributed by atoms with E-state index < -0.39 is 0 Å². The molecule has 1 heterocycles. The summed E-state index contributed by atoms with van der Waals surface area (Å²) in [6.07, 6.45) is 0.664. The first-order valence-corrected chi connectivity index (χ1v) is 7.44. The zero-order chi connectivity index (χ0) is 14.7. The number of rotatable bonds is 5. The van der Waals surface area contributed by atoms with E-state index in [0.717, 1.165) is 28.0 Å². The van der Waals surface area contributed by atoms with E-state index in [0.29, 0.717) is 6.42 Å². The van der Waals surface area contributed by atoms with Crippen molar-refractivity contribution in [3.8, 4) is 0 Å². The maximum atomic E-state index is 13.0. The Balaban J connectivity index is 2.28. The lowest BCUT2D eigenvalue weighted by molar-refractivity contribution is 0.262. The summed E-state index contributed by atoms with van der Waals surface area (Å²) in [5, 5.41) is 14.1.